The number of hydrogen-bond donors (Lipinski definition) is 0. The predicted molar refractivity (Wildman–Crippen MR) is 336 cm³/mol. The molecule has 0 aromatic heterocycles. The van der Waals surface area contributed by atoms with Gasteiger partial charge >= 0.3 is 0 Å². The summed E-state index contributed by atoms with van der Waals surface area (Å²) in [5, 5.41) is 0. The lowest BCUT2D eigenvalue weighted by atomic mass is 9.90. The number of allylic oxidation sites excluding steroid dienone is 16. The third-order valence-electron chi connectivity index (χ3n) is 8.27. The second-order valence-electron chi connectivity index (χ2n) is 15.6. The molecule has 0 nitrogen and oxygen atoms in total. The summed E-state index contributed by atoms with van der Waals surface area (Å²) in [7, 11) is 9.12. The lowest BCUT2D eigenvalue weighted by molar-refractivity contribution is 0.390. The third kappa shape index (κ3) is 116. The quantitative estimate of drug-likeness (QED) is 0.0936. The smallest absolute Gasteiger partial charge is 0 e. The second-order valence-corrected chi connectivity index (χ2v) is 26.2. The van der Waals surface area contributed by atoms with Crippen LogP contribution >= 0.6 is 0 Å². The van der Waals surface area contributed by atoms with Gasteiger partial charge in [0, 0.05) is 75.7 Å². The monoisotopic (exact) mass is 1050 g/mol. The van der Waals surface area contributed by atoms with Crippen molar-refractivity contribution in [2.45, 2.75) is 241 Å². The molecule has 0 rings (SSSR count). The summed E-state index contributed by atoms with van der Waals surface area (Å²) in [6, 6.07) is 0. The largest absolute Gasteiger partial charge is 0.0888 e. The van der Waals surface area contributed by atoms with E-state index in [0.29, 0.717) is 0 Å². The molecule has 0 radical (unpaired) electrons. The van der Waals surface area contributed by atoms with Crippen molar-refractivity contribution in [3.05, 3.63) is 97.2 Å². The van der Waals surface area contributed by atoms with E-state index in [4.69, 9.17) is 0 Å². The lowest BCUT2D eigenvalue weighted by Gasteiger charge is -2.16. The van der Waals surface area contributed by atoms with Crippen LogP contribution in [0, 0.1) is 29.6 Å². The van der Waals surface area contributed by atoms with Crippen LogP contribution in [-0.4, -0.2) is 0 Å². The van der Waals surface area contributed by atoms with Crippen molar-refractivity contribution in [1.82, 2.24) is 0 Å². The summed E-state index contributed by atoms with van der Waals surface area (Å²) in [6.07, 6.45) is 56.5. The van der Waals surface area contributed by atoms with E-state index in [9.17, 15) is 0 Å². The molecule has 65 heavy (non-hydrogen) atoms. The first-order chi connectivity index (χ1) is 31.3. The lowest BCUT2D eigenvalue weighted by Crippen LogP contribution is -2.03. The highest BCUT2D eigenvalue weighted by atomic mass is 33.4. The predicted octanol–water partition coefficient (Wildman–Crippen LogP) is 21.4. The van der Waals surface area contributed by atoms with Gasteiger partial charge in [0.1, 0.15) is 0 Å². The van der Waals surface area contributed by atoms with E-state index in [-0.39, 0.29) is 0 Å². The van der Waals surface area contributed by atoms with Crippen molar-refractivity contribution in [3.8, 4) is 0 Å². The van der Waals surface area contributed by atoms with Gasteiger partial charge in [-0.3, -0.25) is 0 Å². The van der Waals surface area contributed by atoms with Gasteiger partial charge in [-0.1, -0.05) is 248 Å². The van der Waals surface area contributed by atoms with Gasteiger partial charge in [-0.2, -0.15) is 0 Å². The zero-order valence-electron chi connectivity index (χ0n) is 46.4. The maximum Gasteiger partial charge on any atom is 0 e. The number of rotatable bonds is 23. The Hall–Kier alpha value is -0.320. The molecule has 388 valence electrons. The van der Waals surface area contributed by atoms with Crippen LogP contribution in [0.15, 0.2) is 97.2 Å². The Kier molecular flexibility index (Phi) is 109. The Labute approximate surface area is 439 Å². The van der Waals surface area contributed by atoms with E-state index in [0.717, 1.165) is 48.9 Å². The molecular weight excluding hydrogens is 941 g/mol. The van der Waals surface area contributed by atoms with Crippen molar-refractivity contribution >= 4 is 75.7 Å². The fourth-order valence-corrected chi connectivity index (χ4v) is 16.1. The summed E-state index contributed by atoms with van der Waals surface area (Å²) in [4.78, 5) is 0. The summed E-state index contributed by atoms with van der Waals surface area (Å²) < 4.78 is 0. The zero-order chi connectivity index (χ0) is 51.5. The van der Waals surface area contributed by atoms with Crippen molar-refractivity contribution in [2.24, 2.45) is 29.6 Å². The molecular formula is C57H112S8. The maximum atomic E-state index is 4.60. The molecule has 0 fully saturated rings. The van der Waals surface area contributed by atoms with Gasteiger partial charge in [0.2, 0.25) is 0 Å². The summed E-state index contributed by atoms with van der Waals surface area (Å²) in [5.41, 5.74) is 0. The first kappa shape index (κ1) is 81.6. The van der Waals surface area contributed by atoms with Crippen LogP contribution < -0.4 is 0 Å². The molecule has 0 spiro atoms. The first-order valence-electron chi connectivity index (χ1n) is 25.8. The van der Waals surface area contributed by atoms with Crippen LogP contribution in [0.25, 0.3) is 0 Å². The van der Waals surface area contributed by atoms with E-state index in [1.54, 1.807) is 35.5 Å². The molecule has 0 saturated carbocycles. The van der Waals surface area contributed by atoms with Crippen LogP contribution in [0.1, 0.15) is 241 Å². The number of hydrogen-bond acceptors (Lipinski definition) is 2. The molecule has 0 heterocycles. The van der Waals surface area contributed by atoms with E-state index in [1.807, 2.05) is 0 Å². The van der Waals surface area contributed by atoms with E-state index < -0.39 is 0 Å². The molecule has 0 bridgehead atoms. The Bertz CT molecular complexity index is 1200. The van der Waals surface area contributed by atoms with E-state index in [2.05, 4.69) is 251 Å². The Morgan fingerprint density at radius 2 is 0.569 bits per heavy atom. The zero-order valence-corrected chi connectivity index (χ0v) is 52.9. The maximum absolute atomic E-state index is 4.60. The first-order valence-corrected chi connectivity index (χ1v) is 35.1. The van der Waals surface area contributed by atoms with Gasteiger partial charge in [0.25, 0.3) is 0 Å². The SMILES string of the molecule is CCC=CC(C)C.CCC=CC(C)CC(C)C=CCC.CCC=CC(C)CC(CC)CCC.CCC=CCC.CCC=CCC.CCC=CCC.CCC=CCC.S=S=S=S=S=S=S=S. The summed E-state index contributed by atoms with van der Waals surface area (Å²) in [6.45, 7) is 41.8. The fourth-order valence-electron chi connectivity index (χ4n) is 5.14. The second kappa shape index (κ2) is 86.8. The molecule has 8 heteroatoms. The van der Waals surface area contributed by atoms with Crippen molar-refractivity contribution in [1.29, 1.82) is 0 Å². The van der Waals surface area contributed by atoms with Crippen molar-refractivity contribution in [2.75, 3.05) is 0 Å². The van der Waals surface area contributed by atoms with Gasteiger partial charge < -0.3 is 0 Å². The highest BCUT2D eigenvalue weighted by molar-refractivity contribution is 8.70. The average Bonchev–Trinajstić information content (AvgIpc) is 3.31. The van der Waals surface area contributed by atoms with Gasteiger partial charge in [0.15, 0.2) is 0 Å². The average molecular weight is 1050 g/mol. The summed E-state index contributed by atoms with van der Waals surface area (Å²) in [5.74, 6) is 3.88. The molecule has 4 atom stereocenters. The third-order valence-corrected chi connectivity index (χ3v) is 19.4. The minimum atomic E-state index is 0.719. The highest BCUT2D eigenvalue weighted by Gasteiger charge is 2.08. The molecule has 0 N–H and O–H groups in total. The molecule has 0 aliphatic rings. The minimum Gasteiger partial charge on any atom is -0.0888 e. The van der Waals surface area contributed by atoms with Crippen molar-refractivity contribution in [3.63, 3.8) is 0 Å². The van der Waals surface area contributed by atoms with E-state index in [1.165, 1.54) is 108 Å². The Balaban J connectivity index is -0.0000000975. The van der Waals surface area contributed by atoms with Gasteiger partial charge in [-0.05, 0) is 119 Å². The van der Waals surface area contributed by atoms with Gasteiger partial charge in [-0.25, -0.2) is 0 Å². The van der Waals surface area contributed by atoms with Gasteiger partial charge in [-0.15, -0.1) is 0 Å². The molecule has 0 aromatic carbocycles. The van der Waals surface area contributed by atoms with Crippen LogP contribution in [-0.2, 0) is 75.7 Å². The van der Waals surface area contributed by atoms with Crippen molar-refractivity contribution < 1.29 is 0 Å². The Morgan fingerprint density at radius 1 is 0.323 bits per heavy atom. The Morgan fingerprint density at radius 3 is 0.754 bits per heavy atom. The molecule has 0 saturated heterocycles. The summed E-state index contributed by atoms with van der Waals surface area (Å²) >= 11 is 9.21. The minimum absolute atomic E-state index is 0.719. The molecule has 0 aliphatic carbocycles. The normalized spacial score (nSPS) is 12.5. The molecule has 4 unspecified atom stereocenters. The van der Waals surface area contributed by atoms with Crippen LogP contribution in [0.4, 0.5) is 0 Å². The topological polar surface area (TPSA) is 0 Å². The molecule has 0 amide bonds. The van der Waals surface area contributed by atoms with Gasteiger partial charge in [0.05, 0.1) is 0 Å². The highest BCUT2D eigenvalue weighted by Crippen LogP contribution is 2.21. The van der Waals surface area contributed by atoms with E-state index >= 15 is 0 Å². The van der Waals surface area contributed by atoms with Crippen LogP contribution in [0.5, 0.6) is 0 Å². The van der Waals surface area contributed by atoms with Crippen LogP contribution in [0.3, 0.4) is 0 Å². The molecule has 0 aliphatic heterocycles. The fraction of sp³-hybridized carbons (Fsp3) is 0.719. The molecule has 0 aromatic rings. The van der Waals surface area contributed by atoms with Crippen LogP contribution in [0.2, 0.25) is 0 Å². The standard InChI is InChI=1S/C13H24.C13H26.C7H14.4C6H12.S8/c1-5-7-9-12(3)11-13(4)10-8-6-2;1-5-8-10-12(4)11-13(7-3)9-6-2;1-4-5-6-7(2)3;4*1-3-5-6-4-2;1-3-5-7-8-6-4-2/h7-10,12-13H,5-6,11H2,1-4H3;8,10,12-13H,5-7,9,11H2,1-4H3;5-7H,4H2,1-3H3;4*5-6H,3-4H2,1-2H3;.